The molecule has 1 heterocycles. The molecule has 0 saturated carbocycles. The van der Waals surface area contributed by atoms with Gasteiger partial charge in [-0.05, 0) is 0 Å². The number of nitrogens with zero attached hydrogens (tertiary/aromatic N) is 1. The number of allylic oxidation sites excluding steroid dienone is 3. The van der Waals surface area contributed by atoms with Crippen LogP contribution >= 0.6 is 0 Å². The van der Waals surface area contributed by atoms with E-state index >= 15 is 0 Å². The van der Waals surface area contributed by atoms with Crippen LogP contribution in [0.3, 0.4) is 0 Å². The van der Waals surface area contributed by atoms with E-state index in [1.54, 1.807) is 6.07 Å². The molecule has 0 aliphatic rings. The van der Waals surface area contributed by atoms with E-state index in [0.717, 1.165) is 22.0 Å². The number of benzene rings is 1. The fourth-order valence-corrected chi connectivity index (χ4v) is 2.41. The molecular weight excluding hydrogens is 261 g/mol. The van der Waals surface area contributed by atoms with Crippen LogP contribution in [0, 0.1) is 6.92 Å². The van der Waals surface area contributed by atoms with Crippen molar-refractivity contribution in [1.29, 1.82) is 0 Å². The summed E-state index contributed by atoms with van der Waals surface area (Å²) in [6.45, 7) is 10.3. The average molecular weight is 279 g/mol. The quantitative estimate of drug-likeness (QED) is 0.674. The molecule has 1 N–H and O–H groups in total. The molecule has 0 bridgehead atoms. The SMILES string of the molecule is C=C(/C=C\C=B/C)Cn1c(C(=O)O)cc2cccc(C)c21. The molecule has 0 saturated heterocycles. The fraction of sp³-hybridized carbons (Fsp3) is 0.176. The van der Waals surface area contributed by atoms with Gasteiger partial charge in [0.1, 0.15) is 0 Å². The molecule has 4 heteroatoms. The summed E-state index contributed by atoms with van der Waals surface area (Å²) in [6.07, 6.45) is 3.80. The number of hydrogen-bond acceptors (Lipinski definition) is 1. The first-order valence-corrected chi connectivity index (χ1v) is 6.84. The molecule has 0 fully saturated rings. The Balaban J connectivity index is 2.48. The number of rotatable bonds is 5. The van der Waals surface area contributed by atoms with Crippen molar-refractivity contribution < 1.29 is 9.90 Å². The van der Waals surface area contributed by atoms with Crippen LogP contribution in [0.4, 0.5) is 0 Å². The van der Waals surface area contributed by atoms with E-state index in [-0.39, 0.29) is 0 Å². The van der Waals surface area contributed by atoms with Gasteiger partial charge < -0.3 is 0 Å². The van der Waals surface area contributed by atoms with Crippen LogP contribution in [0.5, 0.6) is 0 Å². The van der Waals surface area contributed by atoms with Crippen molar-refractivity contribution in [2.45, 2.75) is 20.3 Å². The summed E-state index contributed by atoms with van der Waals surface area (Å²) in [5.41, 5.74) is 3.16. The van der Waals surface area contributed by atoms with Gasteiger partial charge in [0, 0.05) is 0 Å². The van der Waals surface area contributed by atoms with E-state index in [1.165, 1.54) is 0 Å². The van der Waals surface area contributed by atoms with Crippen molar-refractivity contribution in [1.82, 2.24) is 4.57 Å². The number of para-hydroxylation sites is 1. The van der Waals surface area contributed by atoms with Gasteiger partial charge in [0.15, 0.2) is 0 Å². The van der Waals surface area contributed by atoms with E-state index in [9.17, 15) is 9.90 Å². The third-order valence-electron chi connectivity index (χ3n) is 3.34. The van der Waals surface area contributed by atoms with Crippen molar-refractivity contribution in [3.8, 4) is 0 Å². The van der Waals surface area contributed by atoms with Crippen LogP contribution in [0.1, 0.15) is 16.1 Å². The maximum atomic E-state index is 11.5. The monoisotopic (exact) mass is 279 g/mol. The Hall–Kier alpha value is -2.36. The Kier molecular flexibility index (Phi) is 4.58. The summed E-state index contributed by atoms with van der Waals surface area (Å²) < 4.78 is 1.81. The van der Waals surface area contributed by atoms with Crippen molar-refractivity contribution in [3.05, 3.63) is 59.8 Å². The van der Waals surface area contributed by atoms with Gasteiger partial charge in [0.2, 0.25) is 0 Å². The van der Waals surface area contributed by atoms with Gasteiger partial charge in [-0.25, -0.2) is 0 Å². The maximum absolute atomic E-state index is 11.5. The number of aromatic carboxylic acids is 1. The molecule has 106 valence electrons. The molecule has 0 amide bonds. The zero-order valence-electron chi connectivity index (χ0n) is 12.3. The standard InChI is InChI=1S/C17H18BNO2/c1-12(6-5-9-18-3)11-19-15(17(20)21)10-14-8-4-7-13(2)16(14)19/h4-10H,1,11H2,2-3H3,(H,20,21)/b6-5-. The first kappa shape index (κ1) is 15.0. The summed E-state index contributed by atoms with van der Waals surface area (Å²) in [7, 11) is 0. The third kappa shape index (κ3) is 3.22. The van der Waals surface area contributed by atoms with Crippen LogP contribution < -0.4 is 0 Å². The normalized spacial score (nSPS) is 11.3. The van der Waals surface area contributed by atoms with E-state index in [4.69, 9.17) is 0 Å². The first-order chi connectivity index (χ1) is 10.0. The van der Waals surface area contributed by atoms with Crippen molar-refractivity contribution in [2.75, 3.05) is 0 Å². The summed E-state index contributed by atoms with van der Waals surface area (Å²) >= 11 is 0. The van der Waals surface area contributed by atoms with E-state index in [2.05, 4.69) is 6.58 Å². The Bertz CT molecular complexity index is 753. The number of aromatic nitrogens is 1. The molecule has 0 aliphatic heterocycles. The minimum absolute atomic E-state index is 0.292. The van der Waals surface area contributed by atoms with Crippen molar-refractivity contribution in [2.24, 2.45) is 0 Å². The molecule has 1 aromatic heterocycles. The van der Waals surface area contributed by atoms with Crippen LogP contribution in [-0.2, 0) is 6.54 Å². The summed E-state index contributed by atoms with van der Waals surface area (Å²) in [4.78, 5) is 11.5. The minimum atomic E-state index is -0.921. The molecular formula is C17H18BNO2. The zero-order chi connectivity index (χ0) is 15.4. The molecule has 0 aliphatic carbocycles. The Morgan fingerprint density at radius 2 is 2.24 bits per heavy atom. The van der Waals surface area contributed by atoms with Crippen LogP contribution in [-0.4, -0.2) is 28.5 Å². The number of carboxylic acids is 1. The van der Waals surface area contributed by atoms with Gasteiger partial charge in [0.25, 0.3) is 0 Å². The number of carboxylic acid groups (broad SMARTS) is 1. The number of aryl methyl sites for hydroxylation is 1. The Morgan fingerprint density at radius 1 is 1.48 bits per heavy atom. The summed E-state index contributed by atoms with van der Waals surface area (Å²) in [6, 6.07) is 7.58. The van der Waals surface area contributed by atoms with Crippen molar-refractivity contribution in [3.63, 3.8) is 0 Å². The number of hydrogen-bond donors (Lipinski definition) is 1. The zero-order valence-corrected chi connectivity index (χ0v) is 12.3. The number of carbonyl (C=O) groups is 1. The average Bonchev–Trinajstić information content (AvgIpc) is 2.79. The van der Waals surface area contributed by atoms with Crippen LogP contribution in [0.25, 0.3) is 10.9 Å². The predicted octanol–water partition coefficient (Wildman–Crippen LogP) is 3.31. The molecule has 3 nitrogen and oxygen atoms in total. The molecule has 0 spiro atoms. The Labute approximate surface area is 125 Å². The van der Waals surface area contributed by atoms with Gasteiger partial charge in [0.05, 0.1) is 0 Å². The van der Waals surface area contributed by atoms with E-state index in [0.29, 0.717) is 12.2 Å². The van der Waals surface area contributed by atoms with Crippen LogP contribution in [0.2, 0.25) is 6.82 Å². The molecule has 2 aromatic rings. The van der Waals surface area contributed by atoms with E-state index in [1.807, 2.05) is 61.6 Å². The van der Waals surface area contributed by atoms with E-state index < -0.39 is 5.97 Å². The number of fused-ring (bicyclic) bond motifs is 1. The molecule has 1 aromatic carbocycles. The van der Waals surface area contributed by atoms with Gasteiger partial charge in [-0.1, -0.05) is 0 Å². The summed E-state index contributed by atoms with van der Waals surface area (Å²) in [5.74, 6) is 0.998. The molecule has 0 unspecified atom stereocenters. The molecule has 2 rings (SSSR count). The molecule has 0 atom stereocenters. The third-order valence-corrected chi connectivity index (χ3v) is 3.34. The molecule has 0 radical (unpaired) electrons. The van der Waals surface area contributed by atoms with Gasteiger partial charge in [-0.3, -0.25) is 0 Å². The topological polar surface area (TPSA) is 42.2 Å². The second kappa shape index (κ2) is 6.40. The molecule has 21 heavy (non-hydrogen) atoms. The second-order valence-electron chi connectivity index (χ2n) is 4.98. The second-order valence-corrected chi connectivity index (χ2v) is 4.98. The van der Waals surface area contributed by atoms with Gasteiger partial charge >= 0.3 is 124 Å². The van der Waals surface area contributed by atoms with Crippen LogP contribution in [0.15, 0.2) is 48.6 Å². The van der Waals surface area contributed by atoms with Gasteiger partial charge in [-0.2, -0.15) is 0 Å². The fourth-order valence-electron chi connectivity index (χ4n) is 2.41. The van der Waals surface area contributed by atoms with Gasteiger partial charge in [-0.15, -0.1) is 0 Å². The first-order valence-electron chi connectivity index (χ1n) is 6.84. The Morgan fingerprint density at radius 3 is 2.90 bits per heavy atom. The predicted molar refractivity (Wildman–Crippen MR) is 89.6 cm³/mol. The van der Waals surface area contributed by atoms with Crippen molar-refractivity contribution >= 4 is 29.8 Å². The summed E-state index contributed by atoms with van der Waals surface area (Å²) in [5, 5.41) is 10.3.